The molecule has 0 aliphatic heterocycles. The molecule has 5 heteroatoms. The summed E-state index contributed by atoms with van der Waals surface area (Å²) in [6.07, 6.45) is -0.844. The van der Waals surface area contributed by atoms with Gasteiger partial charge in [-0.05, 0) is 39.7 Å². The van der Waals surface area contributed by atoms with Crippen molar-refractivity contribution in [2.75, 3.05) is 13.7 Å². The predicted molar refractivity (Wildman–Crippen MR) is 83.8 cm³/mol. The molecule has 112 valence electrons. The van der Waals surface area contributed by atoms with Crippen LogP contribution in [0.3, 0.4) is 0 Å². The van der Waals surface area contributed by atoms with Gasteiger partial charge in [-0.15, -0.1) is 0 Å². The Hall–Kier alpha value is -1.43. The molecule has 3 N–H and O–H groups in total. The molecule has 0 aromatic heterocycles. The van der Waals surface area contributed by atoms with Crippen LogP contribution >= 0.6 is 15.9 Å². The van der Waals surface area contributed by atoms with Crippen molar-refractivity contribution >= 4 is 15.9 Å². The van der Waals surface area contributed by atoms with Gasteiger partial charge in [0, 0.05) is 18.0 Å². The molecule has 21 heavy (non-hydrogen) atoms. The van der Waals surface area contributed by atoms with E-state index in [0.29, 0.717) is 15.8 Å². The van der Waals surface area contributed by atoms with Gasteiger partial charge in [0.2, 0.25) is 0 Å². The van der Waals surface area contributed by atoms with Crippen LogP contribution in [-0.4, -0.2) is 18.8 Å². The number of aliphatic hydroxyl groups excluding tert-OH is 1. The van der Waals surface area contributed by atoms with Crippen molar-refractivity contribution in [2.45, 2.75) is 12.0 Å². The Morgan fingerprint density at radius 3 is 2.62 bits per heavy atom. The maximum atomic E-state index is 13.3. The first kappa shape index (κ1) is 15.9. The third kappa shape index (κ3) is 3.43. The Bertz CT molecular complexity index is 621. The second-order valence-corrected chi connectivity index (χ2v) is 5.56. The van der Waals surface area contributed by atoms with Crippen molar-refractivity contribution in [1.29, 1.82) is 0 Å². The van der Waals surface area contributed by atoms with Crippen molar-refractivity contribution in [3.8, 4) is 5.75 Å². The van der Waals surface area contributed by atoms with Crippen LogP contribution < -0.4 is 10.5 Å². The fraction of sp³-hybridized carbons (Fsp3) is 0.250. The number of hydrogen-bond donors (Lipinski definition) is 2. The average Bonchev–Trinajstić information content (AvgIpc) is 2.51. The molecule has 0 bridgehead atoms. The molecule has 2 aromatic carbocycles. The SMILES string of the molecule is COc1ccccc1C(CN)C(O)c1ccc(F)c(Br)c1. The van der Waals surface area contributed by atoms with E-state index in [-0.39, 0.29) is 18.3 Å². The Morgan fingerprint density at radius 2 is 2.00 bits per heavy atom. The lowest BCUT2D eigenvalue weighted by Gasteiger charge is -2.24. The molecule has 0 aliphatic rings. The van der Waals surface area contributed by atoms with Crippen molar-refractivity contribution in [1.82, 2.24) is 0 Å². The Kier molecular flexibility index (Phi) is 5.33. The number of rotatable bonds is 5. The molecule has 0 saturated heterocycles. The molecule has 0 aliphatic carbocycles. The molecule has 2 aromatic rings. The van der Waals surface area contributed by atoms with E-state index in [1.165, 1.54) is 6.07 Å². The van der Waals surface area contributed by atoms with Crippen LogP contribution in [0.1, 0.15) is 23.1 Å². The van der Waals surface area contributed by atoms with Crippen LogP contribution in [0.4, 0.5) is 4.39 Å². The predicted octanol–water partition coefficient (Wildman–Crippen LogP) is 3.37. The van der Waals surface area contributed by atoms with Gasteiger partial charge in [0.15, 0.2) is 0 Å². The van der Waals surface area contributed by atoms with Gasteiger partial charge in [-0.3, -0.25) is 0 Å². The van der Waals surface area contributed by atoms with Gasteiger partial charge in [0.05, 0.1) is 17.7 Å². The highest BCUT2D eigenvalue weighted by atomic mass is 79.9. The summed E-state index contributed by atoms with van der Waals surface area (Å²) in [6, 6.07) is 11.9. The summed E-state index contributed by atoms with van der Waals surface area (Å²) in [4.78, 5) is 0. The zero-order chi connectivity index (χ0) is 15.4. The normalized spacial score (nSPS) is 13.8. The molecule has 0 spiro atoms. The number of methoxy groups -OCH3 is 1. The summed E-state index contributed by atoms with van der Waals surface area (Å²) in [5, 5.41) is 10.6. The number of aliphatic hydroxyl groups is 1. The standard InChI is InChI=1S/C16H17BrFNO2/c1-21-15-5-3-2-4-11(15)12(9-19)16(20)10-6-7-14(18)13(17)8-10/h2-8,12,16,20H,9,19H2,1H3. The first-order valence-electron chi connectivity index (χ1n) is 6.54. The number of benzene rings is 2. The Morgan fingerprint density at radius 1 is 1.29 bits per heavy atom. The van der Waals surface area contributed by atoms with E-state index in [4.69, 9.17) is 10.5 Å². The fourth-order valence-corrected chi connectivity index (χ4v) is 2.72. The van der Waals surface area contributed by atoms with Gasteiger partial charge >= 0.3 is 0 Å². The second kappa shape index (κ2) is 7.02. The van der Waals surface area contributed by atoms with Gasteiger partial charge in [-0.25, -0.2) is 4.39 Å². The molecule has 0 fully saturated rings. The average molecular weight is 354 g/mol. The molecule has 0 radical (unpaired) electrons. The second-order valence-electron chi connectivity index (χ2n) is 4.70. The summed E-state index contributed by atoms with van der Waals surface area (Å²) in [5.41, 5.74) is 7.26. The molecule has 3 nitrogen and oxygen atoms in total. The number of nitrogens with two attached hydrogens (primary N) is 1. The van der Waals surface area contributed by atoms with Crippen LogP contribution in [-0.2, 0) is 0 Å². The maximum absolute atomic E-state index is 13.3. The third-order valence-electron chi connectivity index (χ3n) is 3.46. The lowest BCUT2D eigenvalue weighted by Crippen LogP contribution is -2.21. The highest BCUT2D eigenvalue weighted by Gasteiger charge is 2.24. The summed E-state index contributed by atoms with van der Waals surface area (Å²) >= 11 is 3.13. The molecule has 0 heterocycles. The van der Waals surface area contributed by atoms with E-state index in [0.717, 1.165) is 5.56 Å². The number of hydrogen-bond acceptors (Lipinski definition) is 3. The highest BCUT2D eigenvalue weighted by molar-refractivity contribution is 9.10. The van der Waals surface area contributed by atoms with Crippen molar-refractivity contribution < 1.29 is 14.2 Å². The number of ether oxygens (including phenoxy) is 1. The van der Waals surface area contributed by atoms with E-state index in [1.54, 1.807) is 19.2 Å². The molecule has 0 amide bonds. The van der Waals surface area contributed by atoms with Gasteiger partial charge in [-0.1, -0.05) is 24.3 Å². The minimum atomic E-state index is -0.844. The molecule has 2 atom stereocenters. The quantitative estimate of drug-likeness (QED) is 0.866. The first-order valence-corrected chi connectivity index (χ1v) is 7.33. The Labute approximate surface area is 131 Å². The van der Waals surface area contributed by atoms with Gasteiger partial charge in [0.1, 0.15) is 11.6 Å². The monoisotopic (exact) mass is 353 g/mol. The molecular formula is C16H17BrFNO2. The van der Waals surface area contributed by atoms with Gasteiger partial charge in [0.25, 0.3) is 0 Å². The van der Waals surface area contributed by atoms with Crippen molar-refractivity contribution in [2.24, 2.45) is 5.73 Å². The minimum absolute atomic E-state index is 0.247. The van der Waals surface area contributed by atoms with Crippen molar-refractivity contribution in [3.63, 3.8) is 0 Å². The maximum Gasteiger partial charge on any atom is 0.137 e. The van der Waals surface area contributed by atoms with Crippen LogP contribution in [0.5, 0.6) is 5.75 Å². The Balaban J connectivity index is 2.38. The topological polar surface area (TPSA) is 55.5 Å². The van der Waals surface area contributed by atoms with E-state index in [2.05, 4.69) is 15.9 Å². The number of halogens is 2. The zero-order valence-electron chi connectivity index (χ0n) is 11.6. The minimum Gasteiger partial charge on any atom is -0.496 e. The van der Waals surface area contributed by atoms with Crippen LogP contribution in [0.15, 0.2) is 46.9 Å². The summed E-state index contributed by atoms with van der Waals surface area (Å²) in [6.45, 7) is 0.247. The van der Waals surface area contributed by atoms with E-state index < -0.39 is 6.10 Å². The largest absolute Gasteiger partial charge is 0.496 e. The molecule has 2 unspecified atom stereocenters. The van der Waals surface area contributed by atoms with E-state index in [9.17, 15) is 9.50 Å². The van der Waals surface area contributed by atoms with Crippen LogP contribution in [0, 0.1) is 5.82 Å². The number of para-hydroxylation sites is 1. The third-order valence-corrected chi connectivity index (χ3v) is 4.07. The summed E-state index contributed by atoms with van der Waals surface area (Å²) < 4.78 is 18.9. The van der Waals surface area contributed by atoms with E-state index >= 15 is 0 Å². The van der Waals surface area contributed by atoms with Gasteiger partial charge in [-0.2, -0.15) is 0 Å². The van der Waals surface area contributed by atoms with Crippen LogP contribution in [0.25, 0.3) is 0 Å². The van der Waals surface area contributed by atoms with Gasteiger partial charge < -0.3 is 15.6 Å². The lowest BCUT2D eigenvalue weighted by atomic mass is 9.88. The lowest BCUT2D eigenvalue weighted by molar-refractivity contribution is 0.146. The smallest absolute Gasteiger partial charge is 0.137 e. The molecule has 0 saturated carbocycles. The van der Waals surface area contributed by atoms with Crippen LogP contribution in [0.2, 0.25) is 0 Å². The van der Waals surface area contributed by atoms with Crippen molar-refractivity contribution in [3.05, 3.63) is 63.9 Å². The van der Waals surface area contributed by atoms with E-state index in [1.807, 2.05) is 24.3 Å². The highest BCUT2D eigenvalue weighted by Crippen LogP contribution is 2.36. The molecule has 2 rings (SSSR count). The summed E-state index contributed by atoms with van der Waals surface area (Å²) in [7, 11) is 1.58. The first-order chi connectivity index (χ1) is 10.1. The summed E-state index contributed by atoms with van der Waals surface area (Å²) in [5.74, 6) is -0.0285. The molecular weight excluding hydrogens is 337 g/mol. The zero-order valence-corrected chi connectivity index (χ0v) is 13.2. The fourth-order valence-electron chi connectivity index (χ4n) is 2.33.